The Balaban J connectivity index is 1.64. The van der Waals surface area contributed by atoms with Crippen LogP contribution in [0.25, 0.3) is 0 Å². The van der Waals surface area contributed by atoms with Crippen LogP contribution in [-0.2, 0) is 6.61 Å². The SMILES string of the molecule is O=C(N/N=C\c1cc(Cl)c(OCc2ccc(Cl)cc2)c(Cl)c1)c1ccccc1. The van der Waals surface area contributed by atoms with Crippen LogP contribution in [0.4, 0.5) is 0 Å². The highest BCUT2D eigenvalue weighted by Gasteiger charge is 2.10. The maximum Gasteiger partial charge on any atom is 0.271 e. The highest BCUT2D eigenvalue weighted by Crippen LogP contribution is 2.34. The Morgan fingerprint density at radius 3 is 2.25 bits per heavy atom. The monoisotopic (exact) mass is 432 g/mol. The number of hydrogen-bond acceptors (Lipinski definition) is 3. The predicted octanol–water partition coefficient (Wildman–Crippen LogP) is 5.99. The van der Waals surface area contributed by atoms with Gasteiger partial charge in [-0.1, -0.05) is 65.1 Å². The van der Waals surface area contributed by atoms with Gasteiger partial charge in [0.1, 0.15) is 6.61 Å². The van der Waals surface area contributed by atoms with Crippen LogP contribution in [0, 0.1) is 0 Å². The lowest BCUT2D eigenvalue weighted by Crippen LogP contribution is -2.17. The van der Waals surface area contributed by atoms with Gasteiger partial charge in [0, 0.05) is 10.6 Å². The smallest absolute Gasteiger partial charge is 0.271 e. The molecule has 28 heavy (non-hydrogen) atoms. The molecule has 7 heteroatoms. The molecule has 0 heterocycles. The van der Waals surface area contributed by atoms with Crippen molar-refractivity contribution in [2.75, 3.05) is 0 Å². The highest BCUT2D eigenvalue weighted by atomic mass is 35.5. The third-order valence-electron chi connectivity index (χ3n) is 3.73. The van der Waals surface area contributed by atoms with E-state index in [9.17, 15) is 4.79 Å². The lowest BCUT2D eigenvalue weighted by Gasteiger charge is -2.11. The number of halogens is 3. The lowest BCUT2D eigenvalue weighted by atomic mass is 10.2. The van der Waals surface area contributed by atoms with Gasteiger partial charge in [0.2, 0.25) is 0 Å². The van der Waals surface area contributed by atoms with E-state index in [1.54, 1.807) is 48.5 Å². The molecule has 0 aliphatic rings. The molecule has 0 saturated heterocycles. The van der Waals surface area contributed by atoms with Crippen LogP contribution < -0.4 is 10.2 Å². The normalized spacial score (nSPS) is 10.8. The first-order valence-electron chi connectivity index (χ1n) is 8.27. The Bertz CT molecular complexity index is 967. The molecular weight excluding hydrogens is 419 g/mol. The van der Waals surface area contributed by atoms with Gasteiger partial charge >= 0.3 is 0 Å². The zero-order chi connectivity index (χ0) is 19.9. The first-order valence-corrected chi connectivity index (χ1v) is 9.41. The molecule has 3 rings (SSSR count). The molecule has 0 aliphatic carbocycles. The largest absolute Gasteiger partial charge is 0.486 e. The summed E-state index contributed by atoms with van der Waals surface area (Å²) in [6.45, 7) is 0.303. The number of carbonyl (C=O) groups excluding carboxylic acids is 1. The van der Waals surface area contributed by atoms with Crippen LogP contribution in [0.2, 0.25) is 15.1 Å². The molecule has 142 valence electrons. The van der Waals surface area contributed by atoms with Gasteiger partial charge in [-0.3, -0.25) is 4.79 Å². The van der Waals surface area contributed by atoms with Crippen molar-refractivity contribution >= 4 is 46.9 Å². The van der Waals surface area contributed by atoms with Crippen LogP contribution in [0.5, 0.6) is 5.75 Å². The summed E-state index contributed by atoms with van der Waals surface area (Å²) in [6.07, 6.45) is 1.46. The molecule has 0 unspecified atom stereocenters. The van der Waals surface area contributed by atoms with Crippen molar-refractivity contribution in [2.24, 2.45) is 5.10 Å². The van der Waals surface area contributed by atoms with Gasteiger partial charge in [0.15, 0.2) is 5.75 Å². The molecule has 3 aromatic rings. The van der Waals surface area contributed by atoms with Crippen LogP contribution in [0.15, 0.2) is 71.8 Å². The number of nitrogens with one attached hydrogen (secondary N) is 1. The third-order valence-corrected chi connectivity index (χ3v) is 4.55. The second-order valence-corrected chi connectivity index (χ2v) is 7.04. The Hall–Kier alpha value is -2.53. The second kappa shape index (κ2) is 9.60. The number of hydrogen-bond donors (Lipinski definition) is 1. The van der Waals surface area contributed by atoms with Gasteiger partial charge in [-0.15, -0.1) is 0 Å². The predicted molar refractivity (Wildman–Crippen MR) is 114 cm³/mol. The molecule has 0 atom stereocenters. The van der Waals surface area contributed by atoms with E-state index in [-0.39, 0.29) is 5.91 Å². The molecule has 0 radical (unpaired) electrons. The highest BCUT2D eigenvalue weighted by molar-refractivity contribution is 6.37. The summed E-state index contributed by atoms with van der Waals surface area (Å²) < 4.78 is 5.73. The summed E-state index contributed by atoms with van der Waals surface area (Å²) in [7, 11) is 0. The van der Waals surface area contributed by atoms with Crippen molar-refractivity contribution in [3.63, 3.8) is 0 Å². The number of rotatable bonds is 6. The van der Waals surface area contributed by atoms with Gasteiger partial charge in [-0.05, 0) is 47.5 Å². The standard InChI is InChI=1S/C21H15Cl3N2O2/c22-17-8-6-14(7-9-17)13-28-20-18(23)10-15(11-19(20)24)12-25-26-21(27)16-4-2-1-3-5-16/h1-12H,13H2,(H,26,27)/b25-12-. The average molecular weight is 434 g/mol. The average Bonchev–Trinajstić information content (AvgIpc) is 2.69. The maximum absolute atomic E-state index is 12.0. The molecule has 0 spiro atoms. The number of carbonyl (C=O) groups is 1. The zero-order valence-electron chi connectivity index (χ0n) is 14.5. The van der Waals surface area contributed by atoms with Crippen molar-refractivity contribution in [1.29, 1.82) is 0 Å². The minimum atomic E-state index is -0.308. The molecule has 4 nitrogen and oxygen atoms in total. The zero-order valence-corrected chi connectivity index (χ0v) is 16.8. The first-order chi connectivity index (χ1) is 13.5. The topological polar surface area (TPSA) is 50.7 Å². The van der Waals surface area contributed by atoms with E-state index in [0.717, 1.165) is 5.56 Å². The molecule has 1 amide bonds. The number of amides is 1. The molecule has 3 aromatic carbocycles. The summed E-state index contributed by atoms with van der Waals surface area (Å²) in [5.41, 5.74) is 4.53. The van der Waals surface area contributed by atoms with Crippen molar-refractivity contribution < 1.29 is 9.53 Å². The van der Waals surface area contributed by atoms with Gasteiger partial charge in [0.25, 0.3) is 5.91 Å². The summed E-state index contributed by atoms with van der Waals surface area (Å²) in [4.78, 5) is 12.0. The van der Waals surface area contributed by atoms with Crippen LogP contribution in [0.3, 0.4) is 0 Å². The minimum absolute atomic E-state index is 0.303. The number of hydrazone groups is 1. The molecular formula is C21H15Cl3N2O2. The summed E-state index contributed by atoms with van der Waals surface area (Å²) in [6, 6.07) is 19.4. The molecule has 0 fully saturated rings. The summed E-state index contributed by atoms with van der Waals surface area (Å²) >= 11 is 18.4. The molecule has 0 saturated carbocycles. The molecule has 1 N–H and O–H groups in total. The number of ether oxygens (including phenoxy) is 1. The Morgan fingerprint density at radius 2 is 1.61 bits per heavy atom. The lowest BCUT2D eigenvalue weighted by molar-refractivity contribution is 0.0955. The van der Waals surface area contributed by atoms with Crippen molar-refractivity contribution in [3.8, 4) is 5.75 Å². The van der Waals surface area contributed by atoms with Crippen LogP contribution in [-0.4, -0.2) is 12.1 Å². The fourth-order valence-corrected chi connectivity index (χ4v) is 3.09. The Labute approximate surface area is 177 Å². The fraction of sp³-hybridized carbons (Fsp3) is 0.0476. The van der Waals surface area contributed by atoms with E-state index in [0.29, 0.717) is 38.6 Å². The third kappa shape index (κ3) is 5.49. The molecule has 0 aromatic heterocycles. The van der Waals surface area contributed by atoms with Gasteiger partial charge in [-0.25, -0.2) is 5.43 Å². The molecule has 0 bridgehead atoms. The van der Waals surface area contributed by atoms with Crippen molar-refractivity contribution in [3.05, 3.63) is 98.5 Å². The van der Waals surface area contributed by atoms with Gasteiger partial charge in [-0.2, -0.15) is 5.10 Å². The molecule has 0 aliphatic heterocycles. The van der Waals surface area contributed by atoms with E-state index in [1.807, 2.05) is 18.2 Å². The second-order valence-electron chi connectivity index (χ2n) is 5.79. The Kier molecular flexibility index (Phi) is 6.93. The van der Waals surface area contributed by atoms with E-state index in [2.05, 4.69) is 10.5 Å². The summed E-state index contributed by atoms with van der Waals surface area (Å²) in [5.74, 6) is 0.0701. The fourth-order valence-electron chi connectivity index (χ4n) is 2.35. The summed E-state index contributed by atoms with van der Waals surface area (Å²) in [5, 5.41) is 5.28. The van der Waals surface area contributed by atoms with Crippen molar-refractivity contribution in [2.45, 2.75) is 6.61 Å². The van der Waals surface area contributed by atoms with E-state index in [4.69, 9.17) is 39.5 Å². The van der Waals surface area contributed by atoms with Crippen molar-refractivity contribution in [1.82, 2.24) is 5.43 Å². The van der Waals surface area contributed by atoms with E-state index in [1.165, 1.54) is 6.21 Å². The van der Waals surface area contributed by atoms with Gasteiger partial charge < -0.3 is 4.74 Å². The van der Waals surface area contributed by atoms with E-state index < -0.39 is 0 Å². The minimum Gasteiger partial charge on any atom is -0.486 e. The maximum atomic E-state index is 12.0. The van der Waals surface area contributed by atoms with E-state index >= 15 is 0 Å². The first kappa shape index (κ1) is 20.2. The Morgan fingerprint density at radius 1 is 0.964 bits per heavy atom. The van der Waals surface area contributed by atoms with Crippen LogP contribution >= 0.6 is 34.8 Å². The quantitative estimate of drug-likeness (QED) is 0.383. The van der Waals surface area contributed by atoms with Gasteiger partial charge in [0.05, 0.1) is 16.3 Å². The number of nitrogens with zero attached hydrogens (tertiary/aromatic N) is 1. The van der Waals surface area contributed by atoms with Crippen LogP contribution in [0.1, 0.15) is 21.5 Å². The number of benzene rings is 3.